The number of carbonyl (C=O) groups excluding carboxylic acids is 2. The summed E-state index contributed by atoms with van der Waals surface area (Å²) in [6, 6.07) is 17.8. The molecular weight excluding hydrogens is 478 g/mol. The number of hydrogen-bond donors (Lipinski definition) is 2. The largest absolute Gasteiger partial charge is 0.494 e. The van der Waals surface area contributed by atoms with E-state index in [-0.39, 0.29) is 18.1 Å². The monoisotopic (exact) mass is 509 g/mol. The fourth-order valence-corrected chi connectivity index (χ4v) is 4.38. The molecule has 0 unspecified atom stereocenters. The first-order valence-corrected chi connectivity index (χ1v) is 12.7. The Bertz CT molecular complexity index is 1510. The molecule has 2 aromatic carbocycles. The maximum absolute atomic E-state index is 12.9. The molecule has 4 aromatic rings. The number of carbonyl (C=O) groups is 2. The van der Waals surface area contributed by atoms with Gasteiger partial charge in [0.1, 0.15) is 5.75 Å². The second-order valence-corrected chi connectivity index (χ2v) is 9.65. The minimum absolute atomic E-state index is 0.00889. The highest BCUT2D eigenvalue weighted by Gasteiger charge is 2.20. The number of H-pyrrole nitrogens is 1. The Balaban J connectivity index is 1.26. The van der Waals surface area contributed by atoms with E-state index >= 15 is 0 Å². The molecule has 8 heteroatoms. The molecule has 0 radical (unpaired) electrons. The van der Waals surface area contributed by atoms with Crippen molar-refractivity contribution in [2.24, 2.45) is 0 Å². The molecule has 0 atom stereocenters. The highest BCUT2D eigenvalue weighted by Crippen LogP contribution is 2.28. The van der Waals surface area contributed by atoms with Gasteiger partial charge in [0.2, 0.25) is 0 Å². The molecule has 5 rings (SSSR count). The van der Waals surface area contributed by atoms with Gasteiger partial charge in [-0.1, -0.05) is 36.4 Å². The second kappa shape index (κ2) is 11.3. The van der Waals surface area contributed by atoms with E-state index in [0.717, 1.165) is 35.2 Å². The van der Waals surface area contributed by atoms with Crippen molar-refractivity contribution in [3.63, 3.8) is 0 Å². The van der Waals surface area contributed by atoms with Gasteiger partial charge in [-0.05, 0) is 56.4 Å². The van der Waals surface area contributed by atoms with Crippen LogP contribution in [0.25, 0.3) is 16.5 Å². The SMILES string of the molecule is CN(C)CCCOc1ccc2[nH]c(C3=CC(NC(=O)c4cnn(Cc5ccccc5)c4)=CCC3=O)cc2c1. The van der Waals surface area contributed by atoms with Gasteiger partial charge in [-0.25, -0.2) is 0 Å². The Morgan fingerprint density at radius 3 is 2.82 bits per heavy atom. The Labute approximate surface area is 221 Å². The average Bonchev–Trinajstić information content (AvgIpc) is 3.55. The summed E-state index contributed by atoms with van der Waals surface area (Å²) in [5.41, 5.74) is 4.31. The zero-order valence-electron chi connectivity index (χ0n) is 21.6. The number of rotatable bonds is 10. The first kappa shape index (κ1) is 25.2. The third-order valence-electron chi connectivity index (χ3n) is 6.35. The van der Waals surface area contributed by atoms with Crippen LogP contribution in [0.3, 0.4) is 0 Å². The van der Waals surface area contributed by atoms with E-state index in [9.17, 15) is 9.59 Å². The predicted octanol–water partition coefficient (Wildman–Crippen LogP) is 4.41. The van der Waals surface area contributed by atoms with E-state index in [1.165, 1.54) is 0 Å². The maximum atomic E-state index is 12.9. The molecule has 38 heavy (non-hydrogen) atoms. The van der Waals surface area contributed by atoms with Crippen molar-refractivity contribution in [3.05, 3.63) is 102 Å². The third kappa shape index (κ3) is 6.10. The van der Waals surface area contributed by atoms with Crippen LogP contribution in [0.5, 0.6) is 5.75 Å². The van der Waals surface area contributed by atoms with Crippen molar-refractivity contribution in [1.29, 1.82) is 0 Å². The lowest BCUT2D eigenvalue weighted by atomic mass is 9.98. The Kier molecular flexibility index (Phi) is 7.51. The van der Waals surface area contributed by atoms with E-state index in [1.54, 1.807) is 29.2 Å². The summed E-state index contributed by atoms with van der Waals surface area (Å²) in [6.45, 7) is 2.19. The number of aromatic nitrogens is 3. The zero-order valence-corrected chi connectivity index (χ0v) is 21.6. The van der Waals surface area contributed by atoms with Crippen molar-refractivity contribution >= 4 is 28.2 Å². The highest BCUT2D eigenvalue weighted by molar-refractivity contribution is 6.23. The summed E-state index contributed by atoms with van der Waals surface area (Å²) in [7, 11) is 4.09. The molecule has 0 saturated heterocycles. The standard InChI is InChI=1S/C30H31N5O3/c1-34(2)13-6-14-38-25-10-11-27-22(15-25)16-28(33-27)26-17-24(9-12-29(26)36)32-30(37)23-18-31-35(20-23)19-21-7-4-3-5-8-21/h3-5,7-11,15-18,20,33H,6,12-14,19H2,1-2H3,(H,32,37). The molecule has 0 aliphatic heterocycles. The summed E-state index contributed by atoms with van der Waals surface area (Å²) in [4.78, 5) is 31.1. The van der Waals surface area contributed by atoms with E-state index in [0.29, 0.717) is 35.7 Å². The number of amides is 1. The second-order valence-electron chi connectivity index (χ2n) is 9.65. The number of benzene rings is 2. The van der Waals surface area contributed by atoms with Gasteiger partial charge in [0.25, 0.3) is 5.91 Å². The number of allylic oxidation sites excluding steroid dienone is 3. The fourth-order valence-electron chi connectivity index (χ4n) is 4.38. The first-order chi connectivity index (χ1) is 18.4. The van der Waals surface area contributed by atoms with E-state index in [1.807, 2.05) is 68.7 Å². The van der Waals surface area contributed by atoms with Gasteiger partial charge in [0.15, 0.2) is 5.78 Å². The smallest absolute Gasteiger partial charge is 0.258 e. The van der Waals surface area contributed by atoms with Gasteiger partial charge in [-0.2, -0.15) is 5.10 Å². The number of nitrogens with one attached hydrogen (secondary N) is 2. The minimum Gasteiger partial charge on any atom is -0.494 e. The maximum Gasteiger partial charge on any atom is 0.258 e. The number of fused-ring (bicyclic) bond motifs is 1. The van der Waals surface area contributed by atoms with Gasteiger partial charge in [-0.3, -0.25) is 14.3 Å². The minimum atomic E-state index is -0.270. The summed E-state index contributed by atoms with van der Waals surface area (Å²) in [5.74, 6) is 0.519. The molecule has 0 bridgehead atoms. The summed E-state index contributed by atoms with van der Waals surface area (Å²) < 4.78 is 7.62. The fraction of sp³-hybridized carbons (Fsp3) is 0.233. The molecule has 2 heterocycles. The number of aromatic amines is 1. The van der Waals surface area contributed by atoms with Crippen LogP contribution in [0.4, 0.5) is 0 Å². The van der Waals surface area contributed by atoms with Crippen LogP contribution < -0.4 is 10.1 Å². The van der Waals surface area contributed by atoms with Crippen molar-refractivity contribution in [1.82, 2.24) is 25.0 Å². The van der Waals surface area contributed by atoms with Gasteiger partial charge in [-0.15, -0.1) is 0 Å². The van der Waals surface area contributed by atoms with Crippen LogP contribution >= 0.6 is 0 Å². The quantitative estimate of drug-likeness (QED) is 0.309. The molecule has 1 aliphatic rings. The van der Waals surface area contributed by atoms with E-state index < -0.39 is 0 Å². The van der Waals surface area contributed by atoms with Crippen LogP contribution in [0, 0.1) is 0 Å². The van der Waals surface area contributed by atoms with Crippen molar-refractivity contribution in [2.75, 3.05) is 27.2 Å². The van der Waals surface area contributed by atoms with Gasteiger partial charge in [0.05, 0.1) is 30.6 Å². The third-order valence-corrected chi connectivity index (χ3v) is 6.35. The van der Waals surface area contributed by atoms with Crippen molar-refractivity contribution in [2.45, 2.75) is 19.4 Å². The van der Waals surface area contributed by atoms with Crippen LogP contribution in [-0.2, 0) is 11.3 Å². The normalized spacial score (nSPS) is 13.5. The molecule has 0 fully saturated rings. The lowest BCUT2D eigenvalue weighted by Crippen LogP contribution is -2.23. The predicted molar refractivity (Wildman–Crippen MR) is 148 cm³/mol. The van der Waals surface area contributed by atoms with Crippen LogP contribution in [-0.4, -0.2) is 58.6 Å². The van der Waals surface area contributed by atoms with Crippen LogP contribution in [0.2, 0.25) is 0 Å². The average molecular weight is 510 g/mol. The number of hydrogen-bond acceptors (Lipinski definition) is 5. The number of ketones is 1. The summed E-state index contributed by atoms with van der Waals surface area (Å²) in [6.07, 6.45) is 7.89. The van der Waals surface area contributed by atoms with Crippen LogP contribution in [0.1, 0.15) is 34.5 Å². The van der Waals surface area contributed by atoms with Crippen molar-refractivity contribution < 1.29 is 14.3 Å². The summed E-state index contributed by atoms with van der Waals surface area (Å²) >= 11 is 0. The molecule has 2 aromatic heterocycles. The molecule has 194 valence electrons. The lowest BCUT2D eigenvalue weighted by molar-refractivity contribution is -0.113. The molecule has 2 N–H and O–H groups in total. The first-order valence-electron chi connectivity index (χ1n) is 12.7. The van der Waals surface area contributed by atoms with Gasteiger partial charge >= 0.3 is 0 Å². The molecular formula is C30H31N5O3. The van der Waals surface area contributed by atoms with Gasteiger partial charge < -0.3 is 19.9 Å². The van der Waals surface area contributed by atoms with Crippen LogP contribution in [0.15, 0.2) is 84.8 Å². The number of Topliss-reactive ketones (excluding diaryl/α,β-unsaturated/α-hetero) is 1. The Morgan fingerprint density at radius 1 is 1.16 bits per heavy atom. The van der Waals surface area contributed by atoms with Crippen molar-refractivity contribution in [3.8, 4) is 5.75 Å². The molecule has 0 saturated carbocycles. The summed E-state index contributed by atoms with van der Waals surface area (Å²) in [5, 5.41) is 8.19. The number of nitrogens with zero attached hydrogens (tertiary/aromatic N) is 3. The zero-order chi connectivity index (χ0) is 26.5. The molecule has 8 nitrogen and oxygen atoms in total. The topological polar surface area (TPSA) is 92.2 Å². The molecule has 1 amide bonds. The molecule has 1 aliphatic carbocycles. The Morgan fingerprint density at radius 2 is 2.00 bits per heavy atom. The molecule has 0 spiro atoms. The van der Waals surface area contributed by atoms with Gasteiger partial charge in [0, 0.05) is 41.3 Å². The number of ether oxygens (including phenoxy) is 1. The Hall–Kier alpha value is -4.43. The van der Waals surface area contributed by atoms with E-state index in [4.69, 9.17) is 4.74 Å². The lowest BCUT2D eigenvalue weighted by Gasteiger charge is -2.13. The highest BCUT2D eigenvalue weighted by atomic mass is 16.5. The van der Waals surface area contributed by atoms with E-state index in [2.05, 4.69) is 20.3 Å².